The molecule has 1 saturated heterocycles. The summed E-state index contributed by atoms with van der Waals surface area (Å²) in [7, 11) is 0. The summed E-state index contributed by atoms with van der Waals surface area (Å²) in [4.78, 5) is 11.9. The zero-order chi connectivity index (χ0) is 17.4. The summed E-state index contributed by atoms with van der Waals surface area (Å²) in [6, 6.07) is 6.57. The lowest BCUT2D eigenvalue weighted by atomic mass is 10.0. The maximum atomic E-state index is 4.76. The highest BCUT2D eigenvalue weighted by Crippen LogP contribution is 2.31. The Morgan fingerprint density at radius 2 is 2.16 bits per heavy atom. The summed E-state index contributed by atoms with van der Waals surface area (Å²) >= 11 is 0. The number of nitrogens with zero attached hydrogens (tertiary/aromatic N) is 5. The molecule has 0 amide bonds. The highest BCUT2D eigenvalue weighted by molar-refractivity contribution is 5.42. The number of hydrogen-bond donors (Lipinski definition) is 1. The molecule has 1 unspecified atom stereocenters. The van der Waals surface area contributed by atoms with E-state index in [4.69, 9.17) is 4.98 Å². The van der Waals surface area contributed by atoms with Crippen LogP contribution >= 0.6 is 0 Å². The van der Waals surface area contributed by atoms with Gasteiger partial charge in [-0.05, 0) is 38.4 Å². The molecule has 4 heterocycles. The fourth-order valence-corrected chi connectivity index (χ4v) is 3.78. The van der Waals surface area contributed by atoms with Crippen LogP contribution in [0.3, 0.4) is 0 Å². The molecule has 1 aliphatic rings. The topological polar surface area (TPSA) is 62.1 Å². The van der Waals surface area contributed by atoms with Crippen molar-refractivity contribution in [3.8, 4) is 0 Å². The molecule has 132 valence electrons. The lowest BCUT2D eigenvalue weighted by molar-refractivity contribution is 0.132. The van der Waals surface area contributed by atoms with E-state index in [9.17, 15) is 0 Å². The van der Waals surface area contributed by atoms with Crippen LogP contribution < -0.4 is 0 Å². The highest BCUT2D eigenvalue weighted by atomic mass is 15.3. The van der Waals surface area contributed by atoms with E-state index in [-0.39, 0.29) is 0 Å². The van der Waals surface area contributed by atoms with E-state index in [1.54, 1.807) is 0 Å². The van der Waals surface area contributed by atoms with Crippen LogP contribution in [0, 0.1) is 6.92 Å². The average Bonchev–Trinajstić information content (AvgIpc) is 3.24. The van der Waals surface area contributed by atoms with E-state index in [1.807, 2.05) is 6.20 Å². The molecule has 6 heteroatoms. The van der Waals surface area contributed by atoms with Crippen LogP contribution in [-0.4, -0.2) is 36.0 Å². The maximum absolute atomic E-state index is 4.76. The van der Waals surface area contributed by atoms with E-state index < -0.39 is 0 Å². The first-order valence-corrected chi connectivity index (χ1v) is 9.21. The zero-order valence-electron chi connectivity index (χ0n) is 15.2. The molecule has 4 rings (SSSR count). The lowest BCUT2D eigenvalue weighted by Gasteiger charge is -2.34. The third-order valence-corrected chi connectivity index (χ3v) is 5.13. The molecule has 0 radical (unpaired) electrons. The Balaban J connectivity index is 1.62. The number of hydrogen-bond acceptors (Lipinski definition) is 4. The van der Waals surface area contributed by atoms with Crippen LogP contribution in [0.1, 0.15) is 68.1 Å². The largest absolute Gasteiger partial charge is 0.300 e. The van der Waals surface area contributed by atoms with E-state index in [0.29, 0.717) is 12.0 Å². The van der Waals surface area contributed by atoms with E-state index >= 15 is 0 Å². The molecule has 0 aromatic carbocycles. The van der Waals surface area contributed by atoms with E-state index in [0.717, 1.165) is 36.8 Å². The standard InChI is InChI=1S/C19H26N6/c1-13(2)18-21-19(23-22-18)16-8-4-5-10-24(16)12-15-11-20-17-9-6-7-14(3)25(15)17/h6-7,9,11,13,16H,4-5,8,10,12H2,1-3H3,(H,21,22,23). The number of fused-ring (bicyclic) bond motifs is 1. The van der Waals surface area contributed by atoms with Crippen LogP contribution in [0.15, 0.2) is 24.4 Å². The predicted octanol–water partition coefficient (Wildman–Crippen LogP) is 3.61. The van der Waals surface area contributed by atoms with Crippen LogP contribution in [0.4, 0.5) is 0 Å². The molecule has 0 aliphatic carbocycles. The van der Waals surface area contributed by atoms with E-state index in [1.165, 1.54) is 24.2 Å². The number of pyridine rings is 1. The number of imidazole rings is 1. The van der Waals surface area contributed by atoms with Gasteiger partial charge < -0.3 is 4.40 Å². The lowest BCUT2D eigenvalue weighted by Crippen LogP contribution is -2.34. The van der Waals surface area contributed by atoms with Crippen molar-refractivity contribution in [3.05, 3.63) is 47.4 Å². The van der Waals surface area contributed by atoms with E-state index in [2.05, 4.69) is 63.5 Å². The van der Waals surface area contributed by atoms with Gasteiger partial charge in [0.15, 0.2) is 5.82 Å². The second-order valence-corrected chi connectivity index (χ2v) is 7.33. The van der Waals surface area contributed by atoms with Gasteiger partial charge in [-0.1, -0.05) is 26.3 Å². The second-order valence-electron chi connectivity index (χ2n) is 7.33. The Morgan fingerprint density at radius 1 is 1.28 bits per heavy atom. The summed E-state index contributed by atoms with van der Waals surface area (Å²) in [6.07, 6.45) is 5.61. The number of aromatic amines is 1. The number of aromatic nitrogens is 5. The highest BCUT2D eigenvalue weighted by Gasteiger charge is 2.28. The Labute approximate surface area is 148 Å². The molecule has 0 bridgehead atoms. The number of likely N-dealkylation sites (tertiary alicyclic amines) is 1. The van der Waals surface area contributed by atoms with Crippen LogP contribution in [0.2, 0.25) is 0 Å². The van der Waals surface area contributed by atoms with Crippen molar-refractivity contribution in [1.82, 2.24) is 29.5 Å². The number of H-pyrrole nitrogens is 1. The van der Waals surface area contributed by atoms with Crippen molar-refractivity contribution in [3.63, 3.8) is 0 Å². The Kier molecular flexibility index (Phi) is 4.29. The summed E-state index contributed by atoms with van der Waals surface area (Å²) < 4.78 is 2.26. The molecule has 3 aromatic rings. The van der Waals surface area contributed by atoms with Gasteiger partial charge in [0.1, 0.15) is 11.5 Å². The number of aryl methyl sites for hydroxylation is 1. The molecule has 1 aliphatic heterocycles. The third-order valence-electron chi connectivity index (χ3n) is 5.13. The Morgan fingerprint density at radius 3 is 2.96 bits per heavy atom. The van der Waals surface area contributed by atoms with Crippen molar-refractivity contribution in [2.24, 2.45) is 0 Å². The van der Waals surface area contributed by atoms with Crippen molar-refractivity contribution < 1.29 is 0 Å². The monoisotopic (exact) mass is 338 g/mol. The minimum atomic E-state index is 0.309. The van der Waals surface area contributed by atoms with Crippen molar-refractivity contribution in [1.29, 1.82) is 0 Å². The van der Waals surface area contributed by atoms with Gasteiger partial charge in [-0.2, -0.15) is 5.10 Å². The number of rotatable bonds is 4. The van der Waals surface area contributed by atoms with Gasteiger partial charge in [0, 0.05) is 18.2 Å². The summed E-state index contributed by atoms with van der Waals surface area (Å²) in [6.45, 7) is 8.37. The van der Waals surface area contributed by atoms with Gasteiger partial charge in [-0.15, -0.1) is 0 Å². The molecular formula is C19H26N6. The van der Waals surface area contributed by atoms with Crippen LogP contribution in [0.5, 0.6) is 0 Å². The summed E-state index contributed by atoms with van der Waals surface area (Å²) in [5.74, 6) is 2.27. The Bertz CT molecular complexity index is 862. The maximum Gasteiger partial charge on any atom is 0.153 e. The molecular weight excluding hydrogens is 312 g/mol. The third kappa shape index (κ3) is 3.06. The quantitative estimate of drug-likeness (QED) is 0.789. The van der Waals surface area contributed by atoms with Crippen LogP contribution in [-0.2, 0) is 6.54 Å². The summed E-state index contributed by atoms with van der Waals surface area (Å²) in [5, 5.41) is 7.60. The molecule has 1 atom stereocenters. The van der Waals surface area contributed by atoms with Gasteiger partial charge in [-0.25, -0.2) is 9.97 Å². The zero-order valence-corrected chi connectivity index (χ0v) is 15.2. The first kappa shape index (κ1) is 16.3. The molecule has 3 aromatic heterocycles. The Hall–Kier alpha value is -2.21. The SMILES string of the molecule is Cc1cccc2ncc(CN3CCCCC3c3nc(C(C)C)n[nH]3)n12. The fraction of sp³-hybridized carbons (Fsp3) is 0.526. The summed E-state index contributed by atoms with van der Waals surface area (Å²) in [5.41, 5.74) is 3.48. The number of piperidine rings is 1. The molecule has 25 heavy (non-hydrogen) atoms. The average molecular weight is 338 g/mol. The fourth-order valence-electron chi connectivity index (χ4n) is 3.78. The van der Waals surface area contributed by atoms with Gasteiger partial charge in [-0.3, -0.25) is 10.00 Å². The van der Waals surface area contributed by atoms with Crippen molar-refractivity contribution >= 4 is 5.65 Å². The van der Waals surface area contributed by atoms with Crippen molar-refractivity contribution in [2.75, 3.05) is 6.54 Å². The normalized spacial score (nSPS) is 19.1. The van der Waals surface area contributed by atoms with Gasteiger partial charge in [0.25, 0.3) is 0 Å². The van der Waals surface area contributed by atoms with Gasteiger partial charge in [0.2, 0.25) is 0 Å². The minimum absolute atomic E-state index is 0.309. The molecule has 6 nitrogen and oxygen atoms in total. The molecule has 0 spiro atoms. The number of nitrogens with one attached hydrogen (secondary N) is 1. The molecule has 1 N–H and O–H groups in total. The van der Waals surface area contributed by atoms with Crippen molar-refractivity contribution in [2.45, 2.75) is 58.5 Å². The van der Waals surface area contributed by atoms with Gasteiger partial charge >= 0.3 is 0 Å². The smallest absolute Gasteiger partial charge is 0.153 e. The minimum Gasteiger partial charge on any atom is -0.300 e. The van der Waals surface area contributed by atoms with Gasteiger partial charge in [0.05, 0.1) is 17.9 Å². The first-order valence-electron chi connectivity index (χ1n) is 9.21. The first-order chi connectivity index (χ1) is 12.1. The predicted molar refractivity (Wildman–Crippen MR) is 97.4 cm³/mol. The second kappa shape index (κ2) is 6.59. The molecule has 1 fully saturated rings. The molecule has 0 saturated carbocycles. The van der Waals surface area contributed by atoms with Crippen LogP contribution in [0.25, 0.3) is 5.65 Å².